The lowest BCUT2D eigenvalue weighted by Crippen LogP contribution is -2.34. The number of anilines is 2. The van der Waals surface area contributed by atoms with Gasteiger partial charge in [-0.15, -0.1) is 0 Å². The predicted molar refractivity (Wildman–Crippen MR) is 140 cm³/mol. The average molecular weight is 529 g/mol. The van der Waals surface area contributed by atoms with E-state index in [2.05, 4.69) is 10.4 Å². The first-order valence-corrected chi connectivity index (χ1v) is 12.4. The van der Waals surface area contributed by atoms with E-state index in [1.54, 1.807) is 0 Å². The lowest BCUT2D eigenvalue weighted by atomic mass is 9.69. The van der Waals surface area contributed by atoms with E-state index in [0.29, 0.717) is 29.9 Å². The summed E-state index contributed by atoms with van der Waals surface area (Å²) in [6.07, 6.45) is -3.48. The zero-order chi connectivity index (χ0) is 26.9. The molecule has 0 spiro atoms. The Kier molecular flexibility index (Phi) is 5.94. The summed E-state index contributed by atoms with van der Waals surface area (Å²) in [6, 6.07) is 11.2. The predicted octanol–water partition coefficient (Wildman–Crippen LogP) is 7.12. The van der Waals surface area contributed by atoms with Gasteiger partial charge in [-0.25, -0.2) is 4.68 Å². The van der Waals surface area contributed by atoms with E-state index in [1.165, 1.54) is 10.7 Å². The van der Waals surface area contributed by atoms with Crippen LogP contribution in [0, 0.1) is 12.3 Å². The van der Waals surface area contributed by atoms with Gasteiger partial charge in [0.2, 0.25) is 0 Å². The number of aryl methyl sites for hydroxylation is 1. The third kappa shape index (κ3) is 4.41. The van der Waals surface area contributed by atoms with Crippen LogP contribution in [-0.4, -0.2) is 29.7 Å². The smallest absolute Gasteiger partial charge is 0.378 e. The van der Waals surface area contributed by atoms with Crippen molar-refractivity contribution in [3.05, 3.63) is 81.1 Å². The molecule has 0 amide bonds. The number of hydrogen-bond donors (Lipinski definition) is 1. The monoisotopic (exact) mass is 528 g/mol. The third-order valence-corrected chi connectivity index (χ3v) is 7.44. The van der Waals surface area contributed by atoms with Gasteiger partial charge in [0, 0.05) is 49.0 Å². The number of allylic oxidation sites excluding steroid dienone is 2. The molecule has 1 unspecified atom stereocenters. The zero-order valence-electron chi connectivity index (χ0n) is 21.3. The topological polar surface area (TPSA) is 50.2 Å². The van der Waals surface area contributed by atoms with Crippen LogP contribution in [0.25, 0.3) is 5.69 Å². The second-order valence-corrected chi connectivity index (χ2v) is 11.2. The molecule has 5 nitrogen and oxygen atoms in total. The van der Waals surface area contributed by atoms with Crippen molar-refractivity contribution in [1.29, 1.82) is 0 Å². The van der Waals surface area contributed by atoms with Gasteiger partial charge >= 0.3 is 6.18 Å². The molecule has 0 fully saturated rings. The molecule has 3 aromatic rings. The number of halogens is 4. The third-order valence-electron chi connectivity index (χ3n) is 7.12. The van der Waals surface area contributed by atoms with Gasteiger partial charge in [-0.3, -0.25) is 4.79 Å². The maximum Gasteiger partial charge on any atom is 0.416 e. The first kappa shape index (κ1) is 25.4. The summed E-state index contributed by atoms with van der Waals surface area (Å²) in [4.78, 5) is 15.5. The number of ketones is 1. The molecule has 194 valence electrons. The number of rotatable bonds is 3. The Balaban J connectivity index is 1.74. The van der Waals surface area contributed by atoms with Crippen LogP contribution in [-0.2, 0) is 11.0 Å². The van der Waals surface area contributed by atoms with Gasteiger partial charge in [-0.05, 0) is 54.7 Å². The first-order valence-electron chi connectivity index (χ1n) is 12.0. The van der Waals surface area contributed by atoms with Crippen molar-refractivity contribution < 1.29 is 18.0 Å². The van der Waals surface area contributed by atoms with Gasteiger partial charge in [-0.2, -0.15) is 18.3 Å². The van der Waals surface area contributed by atoms with E-state index in [1.807, 2.05) is 64.0 Å². The van der Waals surface area contributed by atoms with Crippen LogP contribution in [0.15, 0.2) is 53.7 Å². The van der Waals surface area contributed by atoms with E-state index < -0.39 is 17.7 Å². The van der Waals surface area contributed by atoms with Crippen molar-refractivity contribution in [2.24, 2.45) is 5.41 Å². The lowest BCUT2D eigenvalue weighted by molar-refractivity contribution is -0.137. The number of benzene rings is 2. The van der Waals surface area contributed by atoms with Crippen molar-refractivity contribution >= 4 is 28.9 Å². The number of alkyl halides is 3. The molecule has 5 rings (SSSR count). The van der Waals surface area contributed by atoms with Crippen molar-refractivity contribution in [3.63, 3.8) is 0 Å². The van der Waals surface area contributed by atoms with Crippen molar-refractivity contribution in [3.8, 4) is 5.69 Å². The summed E-state index contributed by atoms with van der Waals surface area (Å²) >= 11 is 6.41. The van der Waals surface area contributed by atoms with Gasteiger partial charge in [0.05, 0.1) is 22.0 Å². The quantitative estimate of drug-likeness (QED) is 0.393. The molecule has 2 aliphatic rings. The molecule has 0 saturated carbocycles. The molecule has 2 aromatic carbocycles. The van der Waals surface area contributed by atoms with Gasteiger partial charge < -0.3 is 10.2 Å². The summed E-state index contributed by atoms with van der Waals surface area (Å²) in [7, 11) is 3.91. The lowest BCUT2D eigenvalue weighted by Gasteiger charge is -2.38. The highest BCUT2D eigenvalue weighted by atomic mass is 35.5. The molecule has 9 heteroatoms. The fourth-order valence-corrected chi connectivity index (χ4v) is 5.60. The molecular weight excluding hydrogens is 501 g/mol. The van der Waals surface area contributed by atoms with Crippen molar-refractivity contribution in [2.75, 3.05) is 24.3 Å². The summed E-state index contributed by atoms with van der Waals surface area (Å²) in [6.45, 7) is 5.89. The maximum atomic E-state index is 13.5. The molecule has 1 atom stereocenters. The van der Waals surface area contributed by atoms with E-state index in [9.17, 15) is 18.0 Å². The summed E-state index contributed by atoms with van der Waals surface area (Å²) in [5.41, 5.74) is 3.85. The molecule has 1 N–H and O–H groups in total. The van der Waals surface area contributed by atoms with Crippen LogP contribution >= 0.6 is 11.6 Å². The number of Topliss-reactive ketones (excluding diaryl/α,β-unsaturated/α-hetero) is 1. The minimum absolute atomic E-state index is 0.0651. The number of fused-ring (bicyclic) bond motifs is 1. The SMILES string of the molecule is Cc1nn(-c2cc(C(F)(F)F)ccc2Cl)c2c1C(c1ccc(N(C)C)cc1)C1=C(CC(C)(C)CC1=O)N2. The highest BCUT2D eigenvalue weighted by Gasteiger charge is 2.43. The Morgan fingerprint density at radius 3 is 2.41 bits per heavy atom. The molecule has 1 aliphatic carbocycles. The minimum Gasteiger partial charge on any atom is -0.378 e. The maximum absolute atomic E-state index is 13.5. The number of nitrogens with zero attached hydrogens (tertiary/aromatic N) is 3. The van der Waals surface area contributed by atoms with Gasteiger partial charge in [0.25, 0.3) is 0 Å². The van der Waals surface area contributed by atoms with Crippen molar-refractivity contribution in [1.82, 2.24) is 9.78 Å². The van der Waals surface area contributed by atoms with Gasteiger partial charge in [-0.1, -0.05) is 37.6 Å². The summed E-state index contributed by atoms with van der Waals surface area (Å²) in [5.74, 6) is 0.199. The van der Waals surface area contributed by atoms with E-state index in [0.717, 1.165) is 34.6 Å². The van der Waals surface area contributed by atoms with Gasteiger partial charge in [0.15, 0.2) is 5.78 Å². The number of aromatic nitrogens is 2. The standard InChI is InChI=1S/C28H28ClF3N4O/c1-15-23-24(16-6-9-18(10-7-16)35(4)5)25-20(13-27(2,3)14-22(25)37)33-26(23)36(34-15)21-12-17(28(30,31)32)8-11-19(21)29/h6-12,24,33H,13-14H2,1-5H3. The summed E-state index contributed by atoms with van der Waals surface area (Å²) < 4.78 is 42.1. The fourth-order valence-electron chi connectivity index (χ4n) is 5.40. The molecule has 37 heavy (non-hydrogen) atoms. The average Bonchev–Trinajstić information content (AvgIpc) is 3.12. The van der Waals surface area contributed by atoms with Crippen LogP contribution in [0.4, 0.5) is 24.7 Å². The van der Waals surface area contributed by atoms with Crippen LogP contribution in [0.3, 0.4) is 0 Å². The minimum atomic E-state index is -4.53. The first-order chi connectivity index (χ1) is 17.3. The molecule has 2 heterocycles. The van der Waals surface area contributed by atoms with E-state index in [4.69, 9.17) is 11.6 Å². The second kappa shape index (κ2) is 8.65. The number of carbonyl (C=O) groups excluding carboxylic acids is 1. The molecule has 0 bridgehead atoms. The fraction of sp³-hybridized carbons (Fsp3) is 0.357. The van der Waals surface area contributed by atoms with Gasteiger partial charge in [0.1, 0.15) is 5.82 Å². The molecule has 1 aromatic heterocycles. The molecule has 1 aliphatic heterocycles. The second-order valence-electron chi connectivity index (χ2n) is 10.8. The largest absolute Gasteiger partial charge is 0.416 e. The Hall–Kier alpha value is -3.26. The Morgan fingerprint density at radius 2 is 1.78 bits per heavy atom. The van der Waals surface area contributed by atoms with Crippen LogP contribution in [0.2, 0.25) is 5.02 Å². The van der Waals surface area contributed by atoms with Crippen LogP contribution in [0.5, 0.6) is 0 Å². The molecular formula is C28H28ClF3N4O. The molecule has 0 saturated heterocycles. The Labute approximate surface area is 218 Å². The highest BCUT2D eigenvalue weighted by Crippen LogP contribution is 2.51. The number of hydrogen-bond acceptors (Lipinski definition) is 4. The normalized spacial score (nSPS) is 18.8. The Morgan fingerprint density at radius 1 is 1.11 bits per heavy atom. The van der Waals surface area contributed by atoms with Crippen LogP contribution < -0.4 is 10.2 Å². The zero-order valence-corrected chi connectivity index (χ0v) is 22.1. The number of carbonyl (C=O) groups is 1. The highest BCUT2D eigenvalue weighted by molar-refractivity contribution is 6.32. The van der Waals surface area contributed by atoms with E-state index >= 15 is 0 Å². The Bertz CT molecular complexity index is 1430. The number of nitrogens with one attached hydrogen (secondary N) is 1. The summed E-state index contributed by atoms with van der Waals surface area (Å²) in [5, 5.41) is 8.19. The van der Waals surface area contributed by atoms with Crippen molar-refractivity contribution in [2.45, 2.75) is 45.7 Å². The molecule has 0 radical (unpaired) electrons. The van der Waals surface area contributed by atoms with Crippen LogP contribution in [0.1, 0.15) is 55.0 Å². The van der Waals surface area contributed by atoms with E-state index in [-0.39, 0.29) is 21.9 Å².